The topological polar surface area (TPSA) is 80.5 Å². The van der Waals surface area contributed by atoms with Crippen LogP contribution in [0.2, 0.25) is 0 Å². The van der Waals surface area contributed by atoms with E-state index in [1.807, 2.05) is 0 Å². The van der Waals surface area contributed by atoms with E-state index in [9.17, 15) is 31.7 Å². The number of hydrogen-bond acceptors (Lipinski definition) is 4. The first-order chi connectivity index (χ1) is 11.1. The van der Waals surface area contributed by atoms with Crippen LogP contribution in [0.5, 0.6) is 0 Å². The van der Waals surface area contributed by atoms with Gasteiger partial charge in [-0.25, -0.2) is 21.6 Å². The van der Waals surface area contributed by atoms with E-state index in [2.05, 4.69) is 0 Å². The molecule has 0 aliphatic heterocycles. The smallest absolute Gasteiger partial charge is 0.266 e. The maximum absolute atomic E-state index is 14.0. The number of halogens is 3. The van der Waals surface area contributed by atoms with E-state index >= 15 is 0 Å². The van der Waals surface area contributed by atoms with Gasteiger partial charge in [0.15, 0.2) is 0 Å². The summed E-state index contributed by atoms with van der Waals surface area (Å²) in [6.45, 7) is 1.24. The second-order valence-corrected chi connectivity index (χ2v) is 6.83. The summed E-state index contributed by atoms with van der Waals surface area (Å²) in [7, 11) is -3.80. The van der Waals surface area contributed by atoms with Gasteiger partial charge in [-0.05, 0) is 25.1 Å². The lowest BCUT2D eigenvalue weighted by molar-refractivity contribution is -0.385. The summed E-state index contributed by atoms with van der Waals surface area (Å²) in [5.41, 5.74) is -1.34. The van der Waals surface area contributed by atoms with E-state index < -0.39 is 48.7 Å². The van der Waals surface area contributed by atoms with E-state index in [0.717, 1.165) is 13.1 Å². The summed E-state index contributed by atoms with van der Waals surface area (Å²) in [6.07, 6.45) is 0. The van der Waals surface area contributed by atoms with Crippen LogP contribution in [0, 0.1) is 34.5 Å². The monoisotopic (exact) mass is 360 g/mol. The van der Waals surface area contributed by atoms with Crippen molar-refractivity contribution < 1.29 is 26.5 Å². The number of nitrogens with zero attached hydrogens (tertiary/aromatic N) is 2. The van der Waals surface area contributed by atoms with Crippen molar-refractivity contribution in [3.05, 3.63) is 63.5 Å². The first-order valence-electron chi connectivity index (χ1n) is 6.44. The second kappa shape index (κ2) is 6.11. The van der Waals surface area contributed by atoms with Gasteiger partial charge in [-0.3, -0.25) is 14.4 Å². The van der Waals surface area contributed by atoms with Crippen LogP contribution in [0.15, 0.2) is 35.2 Å². The van der Waals surface area contributed by atoms with Crippen molar-refractivity contribution >= 4 is 21.4 Å². The molecule has 0 saturated heterocycles. The molecule has 0 heterocycles. The van der Waals surface area contributed by atoms with E-state index in [4.69, 9.17) is 0 Å². The lowest BCUT2D eigenvalue weighted by Crippen LogP contribution is -2.28. The summed E-state index contributed by atoms with van der Waals surface area (Å²) in [5.74, 6) is -3.19. The molecule has 6 nitrogen and oxygen atoms in total. The molecular formula is C14H11F3N2O4S. The number of rotatable bonds is 4. The van der Waals surface area contributed by atoms with Crippen LogP contribution >= 0.6 is 0 Å². The van der Waals surface area contributed by atoms with E-state index in [1.54, 1.807) is 0 Å². The molecule has 0 amide bonds. The van der Waals surface area contributed by atoms with Crippen molar-refractivity contribution in [3.63, 3.8) is 0 Å². The zero-order valence-corrected chi connectivity index (χ0v) is 13.3. The highest BCUT2D eigenvalue weighted by Gasteiger charge is 2.30. The highest BCUT2D eigenvalue weighted by atomic mass is 32.2. The predicted molar refractivity (Wildman–Crippen MR) is 79.7 cm³/mol. The van der Waals surface area contributed by atoms with Gasteiger partial charge in [-0.1, -0.05) is 0 Å². The standard InChI is InChI=1S/C14H11F3N2O4S/c1-8-5-11(17)14(7-12(8)19(20)21)24(22,23)18(2)13-6-9(15)3-4-10(13)16/h3-7H,1-2H3. The molecule has 2 aromatic rings. The fourth-order valence-corrected chi connectivity index (χ4v) is 3.30. The molecule has 0 saturated carbocycles. The normalized spacial score (nSPS) is 11.4. The molecule has 0 unspecified atom stereocenters. The molecule has 0 fully saturated rings. The minimum atomic E-state index is -4.69. The Kier molecular flexibility index (Phi) is 4.52. The van der Waals surface area contributed by atoms with Gasteiger partial charge in [-0.2, -0.15) is 0 Å². The summed E-state index contributed by atoms with van der Waals surface area (Å²) in [4.78, 5) is 9.04. The van der Waals surface area contributed by atoms with Crippen LogP contribution < -0.4 is 4.31 Å². The maximum Gasteiger partial charge on any atom is 0.273 e. The van der Waals surface area contributed by atoms with Gasteiger partial charge < -0.3 is 0 Å². The molecule has 0 spiro atoms. The fraction of sp³-hybridized carbons (Fsp3) is 0.143. The summed E-state index contributed by atoms with van der Waals surface area (Å²) >= 11 is 0. The van der Waals surface area contributed by atoms with Gasteiger partial charge in [-0.15, -0.1) is 0 Å². The van der Waals surface area contributed by atoms with Crippen LogP contribution in [-0.2, 0) is 10.0 Å². The van der Waals surface area contributed by atoms with Crippen molar-refractivity contribution in [1.82, 2.24) is 0 Å². The number of aryl methyl sites for hydroxylation is 1. The Morgan fingerprint density at radius 3 is 2.29 bits per heavy atom. The number of nitro groups is 1. The van der Waals surface area contributed by atoms with Crippen molar-refractivity contribution in [2.24, 2.45) is 0 Å². The van der Waals surface area contributed by atoms with Crippen molar-refractivity contribution in [3.8, 4) is 0 Å². The molecule has 10 heteroatoms. The van der Waals surface area contributed by atoms with Crippen LogP contribution in [-0.4, -0.2) is 20.4 Å². The van der Waals surface area contributed by atoms with Gasteiger partial charge in [0.05, 0.1) is 10.6 Å². The average Bonchev–Trinajstić information content (AvgIpc) is 2.48. The Morgan fingerprint density at radius 2 is 1.71 bits per heavy atom. The van der Waals surface area contributed by atoms with Gasteiger partial charge in [0.25, 0.3) is 15.7 Å². The first kappa shape index (κ1) is 17.7. The molecule has 0 radical (unpaired) electrons. The zero-order chi connectivity index (χ0) is 18.2. The number of anilines is 1. The largest absolute Gasteiger partial charge is 0.273 e. The fourth-order valence-electron chi connectivity index (χ4n) is 2.04. The van der Waals surface area contributed by atoms with Crippen LogP contribution in [0.25, 0.3) is 0 Å². The molecule has 0 aliphatic carbocycles. The highest BCUT2D eigenvalue weighted by molar-refractivity contribution is 7.92. The van der Waals surface area contributed by atoms with Crippen molar-refractivity contribution in [2.75, 3.05) is 11.4 Å². The third-order valence-electron chi connectivity index (χ3n) is 3.33. The number of hydrogen-bond donors (Lipinski definition) is 0. The number of sulfonamides is 1. The van der Waals surface area contributed by atoms with Crippen LogP contribution in [0.1, 0.15) is 5.56 Å². The summed E-state index contributed by atoms with van der Waals surface area (Å²) in [6, 6.07) is 3.36. The van der Waals surface area contributed by atoms with Crippen LogP contribution in [0.4, 0.5) is 24.5 Å². The number of nitro benzene ring substituents is 1. The summed E-state index contributed by atoms with van der Waals surface area (Å²) in [5, 5.41) is 10.9. The molecule has 2 aromatic carbocycles. The number of benzene rings is 2. The minimum absolute atomic E-state index is 0.0731. The van der Waals surface area contributed by atoms with E-state index in [0.29, 0.717) is 28.6 Å². The molecule has 2 rings (SSSR count). The van der Waals surface area contributed by atoms with Crippen LogP contribution in [0.3, 0.4) is 0 Å². The SMILES string of the molecule is Cc1cc(F)c(S(=O)(=O)N(C)c2cc(F)ccc2F)cc1[N+](=O)[O-]. The minimum Gasteiger partial charge on any atom is -0.266 e. The van der Waals surface area contributed by atoms with E-state index in [1.165, 1.54) is 6.92 Å². The Balaban J connectivity index is 2.64. The average molecular weight is 360 g/mol. The molecule has 0 atom stereocenters. The van der Waals surface area contributed by atoms with Gasteiger partial charge in [0.2, 0.25) is 0 Å². The molecular weight excluding hydrogens is 349 g/mol. The Morgan fingerprint density at radius 1 is 1.08 bits per heavy atom. The second-order valence-electron chi connectivity index (χ2n) is 4.89. The zero-order valence-electron chi connectivity index (χ0n) is 12.5. The first-order valence-corrected chi connectivity index (χ1v) is 7.88. The third-order valence-corrected chi connectivity index (χ3v) is 5.12. The van der Waals surface area contributed by atoms with Crippen molar-refractivity contribution in [1.29, 1.82) is 0 Å². The molecule has 0 aliphatic rings. The third kappa shape index (κ3) is 3.04. The Hall–Kier alpha value is -2.62. The quantitative estimate of drug-likeness (QED) is 0.620. The molecule has 128 valence electrons. The lowest BCUT2D eigenvalue weighted by Gasteiger charge is -2.20. The molecule has 0 aromatic heterocycles. The van der Waals surface area contributed by atoms with Crippen molar-refractivity contribution in [2.45, 2.75) is 11.8 Å². The molecule has 0 N–H and O–H groups in total. The Labute approximate surface area is 135 Å². The molecule has 0 bridgehead atoms. The molecule has 24 heavy (non-hydrogen) atoms. The lowest BCUT2D eigenvalue weighted by atomic mass is 10.2. The van der Waals surface area contributed by atoms with Gasteiger partial charge in [0, 0.05) is 24.7 Å². The van der Waals surface area contributed by atoms with Gasteiger partial charge in [0.1, 0.15) is 22.3 Å². The highest BCUT2D eigenvalue weighted by Crippen LogP contribution is 2.30. The predicted octanol–water partition coefficient (Wildman–Crippen LogP) is 3.15. The summed E-state index contributed by atoms with van der Waals surface area (Å²) < 4.78 is 66.3. The Bertz CT molecular complexity index is 932. The van der Waals surface area contributed by atoms with E-state index in [-0.39, 0.29) is 5.56 Å². The maximum atomic E-state index is 14.0. The van der Waals surface area contributed by atoms with Gasteiger partial charge >= 0.3 is 0 Å².